The van der Waals surface area contributed by atoms with Gasteiger partial charge < -0.3 is 20.7 Å². The maximum absolute atomic E-state index is 11.8. The Morgan fingerprint density at radius 1 is 1.20 bits per heavy atom. The largest absolute Gasteiger partial charge is 0.506 e. The van der Waals surface area contributed by atoms with Crippen LogP contribution in [0.1, 0.15) is 20.8 Å². The molecule has 1 aromatic carbocycles. The summed E-state index contributed by atoms with van der Waals surface area (Å²) < 4.78 is 4.94. The van der Waals surface area contributed by atoms with Crippen LogP contribution < -0.4 is 10.5 Å². The highest BCUT2D eigenvalue weighted by molar-refractivity contribution is 5.97. The van der Waals surface area contributed by atoms with Crippen molar-refractivity contribution in [3.05, 3.63) is 47.8 Å². The summed E-state index contributed by atoms with van der Waals surface area (Å²) in [7, 11) is 0. The van der Waals surface area contributed by atoms with E-state index in [1.165, 1.54) is 12.3 Å². The number of aromatic carboxylic acids is 1. The van der Waals surface area contributed by atoms with Gasteiger partial charge in [0.25, 0.3) is 0 Å². The zero-order valence-electron chi connectivity index (χ0n) is 10.1. The fraction of sp³-hybridized carbons (Fsp3) is 0. The van der Waals surface area contributed by atoms with Crippen molar-refractivity contribution in [3.63, 3.8) is 0 Å². The highest BCUT2D eigenvalue weighted by Crippen LogP contribution is 2.34. The first kappa shape index (κ1) is 13.3. The Morgan fingerprint density at radius 3 is 2.55 bits per heavy atom. The Balaban J connectivity index is 2.41. The average molecular weight is 274 g/mol. The summed E-state index contributed by atoms with van der Waals surface area (Å²) in [6.45, 7) is 0. The van der Waals surface area contributed by atoms with E-state index in [2.05, 4.69) is 4.98 Å². The number of aromatic hydroxyl groups is 1. The van der Waals surface area contributed by atoms with Crippen LogP contribution in [-0.4, -0.2) is 27.1 Å². The lowest BCUT2D eigenvalue weighted by atomic mass is 10.1. The van der Waals surface area contributed by atoms with Crippen molar-refractivity contribution < 1.29 is 24.5 Å². The minimum atomic E-state index is -1.33. The van der Waals surface area contributed by atoms with E-state index < -0.39 is 17.7 Å². The van der Waals surface area contributed by atoms with Gasteiger partial charge in [0.2, 0.25) is 0 Å². The highest BCUT2D eigenvalue weighted by Gasteiger charge is 2.21. The monoisotopic (exact) mass is 274 g/mol. The van der Waals surface area contributed by atoms with E-state index in [-0.39, 0.29) is 22.7 Å². The zero-order valence-corrected chi connectivity index (χ0v) is 10.1. The Bertz CT molecular complexity index is 670. The first-order valence-corrected chi connectivity index (χ1v) is 5.48. The molecule has 7 nitrogen and oxygen atoms in total. The second kappa shape index (κ2) is 5.27. The van der Waals surface area contributed by atoms with Gasteiger partial charge in [0.1, 0.15) is 22.7 Å². The third-order valence-corrected chi connectivity index (χ3v) is 2.47. The van der Waals surface area contributed by atoms with Gasteiger partial charge in [0.15, 0.2) is 5.75 Å². The fourth-order valence-corrected chi connectivity index (χ4v) is 1.50. The third kappa shape index (κ3) is 2.51. The first-order valence-electron chi connectivity index (χ1n) is 5.48. The summed E-state index contributed by atoms with van der Waals surface area (Å²) in [5.74, 6) is -2.99. The maximum atomic E-state index is 11.8. The summed E-state index contributed by atoms with van der Waals surface area (Å²) in [4.78, 5) is 26.7. The number of carbonyl (C=O) groups excluding carboxylic acids is 1. The normalized spacial score (nSPS) is 10.0. The topological polar surface area (TPSA) is 123 Å². The number of phenols is 1. The SMILES string of the molecule is Nc1c(O)ccc(C(=O)O)c1OC(=O)c1ccccn1. The van der Waals surface area contributed by atoms with E-state index in [0.29, 0.717) is 0 Å². The molecule has 0 radical (unpaired) electrons. The molecule has 0 amide bonds. The average Bonchev–Trinajstić information content (AvgIpc) is 2.44. The molecule has 7 heteroatoms. The van der Waals surface area contributed by atoms with Crippen molar-refractivity contribution in [2.45, 2.75) is 0 Å². The van der Waals surface area contributed by atoms with Crippen molar-refractivity contribution in [1.29, 1.82) is 0 Å². The molecule has 0 atom stereocenters. The molecule has 0 bridgehead atoms. The molecule has 0 saturated heterocycles. The Morgan fingerprint density at radius 2 is 1.95 bits per heavy atom. The molecule has 0 aliphatic heterocycles. The Kier molecular flexibility index (Phi) is 3.52. The molecule has 0 spiro atoms. The molecular formula is C13H10N2O5. The van der Waals surface area contributed by atoms with E-state index in [1.54, 1.807) is 12.1 Å². The number of nitrogens with zero attached hydrogens (tertiary/aromatic N) is 1. The number of pyridine rings is 1. The minimum absolute atomic E-state index is 0.00779. The fourth-order valence-electron chi connectivity index (χ4n) is 1.50. The number of rotatable bonds is 3. The molecule has 0 aliphatic carbocycles. The first-order chi connectivity index (χ1) is 9.50. The van der Waals surface area contributed by atoms with Crippen LogP contribution in [0.2, 0.25) is 0 Å². The van der Waals surface area contributed by atoms with E-state index in [9.17, 15) is 14.7 Å². The number of anilines is 1. The lowest BCUT2D eigenvalue weighted by Gasteiger charge is -2.10. The summed E-state index contributed by atoms with van der Waals surface area (Å²) in [5.41, 5.74) is 4.87. The van der Waals surface area contributed by atoms with Crippen molar-refractivity contribution in [2.75, 3.05) is 5.73 Å². The smallest absolute Gasteiger partial charge is 0.362 e. The predicted octanol–water partition coefficient (Wildman–Crippen LogP) is 1.29. The van der Waals surface area contributed by atoms with Gasteiger partial charge >= 0.3 is 11.9 Å². The second-order valence-corrected chi connectivity index (χ2v) is 3.78. The van der Waals surface area contributed by atoms with Crippen LogP contribution >= 0.6 is 0 Å². The standard InChI is InChI=1S/C13H10N2O5/c14-10-9(16)5-4-7(12(17)18)11(10)20-13(19)8-3-1-2-6-15-8/h1-6,16H,14H2,(H,17,18). The number of nitrogen functional groups attached to an aromatic ring is 1. The number of hydrogen-bond acceptors (Lipinski definition) is 6. The summed E-state index contributed by atoms with van der Waals surface area (Å²) in [6.07, 6.45) is 1.39. The van der Waals surface area contributed by atoms with Gasteiger partial charge in [0.05, 0.1) is 0 Å². The van der Waals surface area contributed by atoms with Crippen LogP contribution in [0.15, 0.2) is 36.5 Å². The molecule has 0 fully saturated rings. The van der Waals surface area contributed by atoms with Gasteiger partial charge in [-0.25, -0.2) is 14.6 Å². The zero-order chi connectivity index (χ0) is 14.7. The summed E-state index contributed by atoms with van der Waals surface area (Å²) in [5, 5.41) is 18.5. The molecular weight excluding hydrogens is 264 g/mol. The number of nitrogens with two attached hydrogens (primary N) is 1. The molecule has 102 valence electrons. The van der Waals surface area contributed by atoms with Crippen LogP contribution in [0.25, 0.3) is 0 Å². The minimum Gasteiger partial charge on any atom is -0.506 e. The molecule has 0 aliphatic rings. The van der Waals surface area contributed by atoms with Gasteiger partial charge in [-0.1, -0.05) is 6.07 Å². The van der Waals surface area contributed by atoms with Gasteiger partial charge in [-0.15, -0.1) is 0 Å². The lowest BCUT2D eigenvalue weighted by Crippen LogP contribution is -2.14. The Labute approximate surface area is 113 Å². The number of ether oxygens (including phenoxy) is 1. The van der Waals surface area contributed by atoms with E-state index in [4.69, 9.17) is 15.6 Å². The van der Waals surface area contributed by atoms with Crippen molar-refractivity contribution in [2.24, 2.45) is 0 Å². The number of carboxylic acid groups (broad SMARTS) is 1. The molecule has 1 heterocycles. The van der Waals surface area contributed by atoms with E-state index in [0.717, 1.165) is 12.1 Å². The maximum Gasteiger partial charge on any atom is 0.362 e. The van der Waals surface area contributed by atoms with Crippen molar-refractivity contribution >= 4 is 17.6 Å². The van der Waals surface area contributed by atoms with Crippen LogP contribution in [0.5, 0.6) is 11.5 Å². The number of hydrogen-bond donors (Lipinski definition) is 3. The van der Waals surface area contributed by atoms with Crippen LogP contribution in [0, 0.1) is 0 Å². The van der Waals surface area contributed by atoms with Crippen LogP contribution in [-0.2, 0) is 0 Å². The predicted molar refractivity (Wildman–Crippen MR) is 68.7 cm³/mol. The number of carbonyl (C=O) groups is 2. The van der Waals surface area contributed by atoms with Gasteiger partial charge in [-0.3, -0.25) is 0 Å². The number of phenolic OH excluding ortho intramolecular Hbond substituents is 1. The van der Waals surface area contributed by atoms with Gasteiger partial charge in [0, 0.05) is 6.20 Å². The summed E-state index contributed by atoms with van der Waals surface area (Å²) in [6, 6.07) is 6.80. The van der Waals surface area contributed by atoms with Crippen molar-refractivity contribution in [3.8, 4) is 11.5 Å². The highest BCUT2D eigenvalue weighted by atomic mass is 16.5. The molecule has 0 saturated carbocycles. The Hall–Kier alpha value is -3.09. The van der Waals surface area contributed by atoms with Gasteiger partial charge in [-0.2, -0.15) is 0 Å². The number of benzene rings is 1. The number of esters is 1. The molecule has 2 rings (SSSR count). The molecule has 4 N–H and O–H groups in total. The lowest BCUT2D eigenvalue weighted by molar-refractivity contribution is 0.0680. The molecule has 20 heavy (non-hydrogen) atoms. The number of carboxylic acids is 1. The molecule has 1 aromatic heterocycles. The number of aromatic nitrogens is 1. The molecule has 2 aromatic rings. The quantitative estimate of drug-likeness (QED) is 0.333. The van der Waals surface area contributed by atoms with Crippen molar-refractivity contribution in [1.82, 2.24) is 4.98 Å². The summed E-state index contributed by atoms with van der Waals surface area (Å²) >= 11 is 0. The second-order valence-electron chi connectivity index (χ2n) is 3.78. The van der Waals surface area contributed by atoms with Crippen LogP contribution in [0.3, 0.4) is 0 Å². The van der Waals surface area contributed by atoms with E-state index >= 15 is 0 Å². The van der Waals surface area contributed by atoms with Crippen LogP contribution in [0.4, 0.5) is 5.69 Å². The molecule has 0 unspecified atom stereocenters. The van der Waals surface area contributed by atoms with E-state index in [1.807, 2.05) is 0 Å². The van der Waals surface area contributed by atoms with Gasteiger partial charge in [-0.05, 0) is 24.3 Å². The third-order valence-electron chi connectivity index (χ3n) is 2.47.